The van der Waals surface area contributed by atoms with Gasteiger partial charge in [0.05, 0.1) is 76.5 Å². The fraction of sp³-hybridized carbons (Fsp3) is 0.278. The van der Waals surface area contributed by atoms with E-state index >= 15 is 0 Å². The van der Waals surface area contributed by atoms with Gasteiger partial charge in [0.1, 0.15) is 23.4 Å². The molecule has 0 bridgehead atoms. The SMILES string of the molecule is COc1cc2c(c(O)c1[C@@H]1c3cc4c(c(O)c3O[C@H]1C(C)(C)O)c(=O)c1cccc(O)c1n4C)c(=O)c1ccc(OC)c(OC)c1n2C. The zero-order chi connectivity index (χ0) is 34.6. The fourth-order valence-corrected chi connectivity index (χ4v) is 7.33. The summed E-state index contributed by atoms with van der Waals surface area (Å²) in [6.45, 7) is 3.05. The molecule has 4 N–H and O–H groups in total. The molecule has 7 rings (SSSR count). The van der Waals surface area contributed by atoms with E-state index in [0.29, 0.717) is 28.1 Å². The molecule has 0 radical (unpaired) electrons. The van der Waals surface area contributed by atoms with Gasteiger partial charge in [-0.2, -0.15) is 0 Å². The molecule has 3 heterocycles. The maximum absolute atomic E-state index is 14.2. The first-order valence-electron chi connectivity index (χ1n) is 15.1. The van der Waals surface area contributed by atoms with Crippen LogP contribution < -0.4 is 29.8 Å². The second-order valence-corrected chi connectivity index (χ2v) is 12.6. The number of ether oxygens (including phenoxy) is 4. The number of pyridine rings is 2. The van der Waals surface area contributed by atoms with Gasteiger partial charge in [0, 0.05) is 31.3 Å². The van der Waals surface area contributed by atoms with Crippen molar-refractivity contribution in [3.8, 4) is 40.2 Å². The lowest BCUT2D eigenvalue weighted by Crippen LogP contribution is -2.42. The van der Waals surface area contributed by atoms with Crippen molar-refractivity contribution in [1.82, 2.24) is 9.13 Å². The molecule has 2 aromatic heterocycles. The van der Waals surface area contributed by atoms with Crippen LogP contribution in [0.1, 0.15) is 30.9 Å². The van der Waals surface area contributed by atoms with Crippen LogP contribution in [0.25, 0.3) is 43.6 Å². The van der Waals surface area contributed by atoms with Gasteiger partial charge in [-0.25, -0.2) is 0 Å². The van der Waals surface area contributed by atoms with Crippen molar-refractivity contribution < 1.29 is 39.4 Å². The van der Waals surface area contributed by atoms with Crippen molar-refractivity contribution in [2.45, 2.75) is 31.5 Å². The molecule has 2 atom stereocenters. The summed E-state index contributed by atoms with van der Waals surface area (Å²) in [4.78, 5) is 27.9. The number of para-hydroxylation sites is 1. The number of aromatic hydroxyl groups is 3. The Balaban J connectivity index is 1.61. The number of hydrogen-bond donors (Lipinski definition) is 4. The molecular formula is C36H34N2O10. The van der Waals surface area contributed by atoms with E-state index in [2.05, 4.69) is 0 Å². The van der Waals surface area contributed by atoms with Crippen LogP contribution in [0.5, 0.6) is 40.2 Å². The average Bonchev–Trinajstić information content (AvgIpc) is 3.45. The number of aliphatic hydroxyl groups is 1. The van der Waals surface area contributed by atoms with Crippen molar-refractivity contribution in [3.63, 3.8) is 0 Å². The number of methoxy groups -OCH3 is 3. The Morgan fingerprint density at radius 2 is 1.38 bits per heavy atom. The number of fused-ring (bicyclic) bond motifs is 5. The molecule has 0 amide bonds. The third-order valence-corrected chi connectivity index (χ3v) is 9.52. The predicted molar refractivity (Wildman–Crippen MR) is 181 cm³/mol. The molecule has 0 saturated carbocycles. The highest BCUT2D eigenvalue weighted by Crippen LogP contribution is 2.56. The summed E-state index contributed by atoms with van der Waals surface area (Å²) in [6.07, 6.45) is -1.12. The maximum atomic E-state index is 14.2. The van der Waals surface area contributed by atoms with Gasteiger partial charge in [-0.1, -0.05) is 6.07 Å². The summed E-state index contributed by atoms with van der Waals surface area (Å²) >= 11 is 0. The molecule has 12 heteroatoms. The number of nitrogens with zero attached hydrogens (tertiary/aromatic N) is 2. The Kier molecular flexibility index (Phi) is 6.75. The summed E-state index contributed by atoms with van der Waals surface area (Å²) < 4.78 is 26.5. The van der Waals surface area contributed by atoms with Gasteiger partial charge >= 0.3 is 0 Å². The summed E-state index contributed by atoms with van der Waals surface area (Å²) in [5.41, 5.74) is -0.788. The van der Waals surface area contributed by atoms with Crippen molar-refractivity contribution in [2.24, 2.45) is 14.1 Å². The van der Waals surface area contributed by atoms with Crippen LogP contribution in [0.4, 0.5) is 0 Å². The Morgan fingerprint density at radius 3 is 2.00 bits per heavy atom. The molecule has 0 spiro atoms. The maximum Gasteiger partial charge on any atom is 0.201 e. The molecule has 0 unspecified atom stereocenters. The van der Waals surface area contributed by atoms with Gasteiger partial charge in [-0.3, -0.25) is 9.59 Å². The Hall–Kier alpha value is -5.62. The molecule has 0 saturated heterocycles. The minimum absolute atomic E-state index is 0.00991. The molecule has 0 aliphatic carbocycles. The third kappa shape index (κ3) is 3.98. The van der Waals surface area contributed by atoms with E-state index in [0.717, 1.165) is 0 Å². The highest BCUT2D eigenvalue weighted by atomic mass is 16.5. The van der Waals surface area contributed by atoms with Crippen molar-refractivity contribution >= 4 is 43.6 Å². The number of aromatic nitrogens is 2. The lowest BCUT2D eigenvalue weighted by molar-refractivity contribution is -0.0305. The van der Waals surface area contributed by atoms with Gasteiger partial charge in [0.15, 0.2) is 23.0 Å². The molecule has 1 aliphatic heterocycles. The largest absolute Gasteiger partial charge is 0.507 e. The van der Waals surface area contributed by atoms with Gasteiger partial charge in [-0.15, -0.1) is 0 Å². The highest BCUT2D eigenvalue weighted by Gasteiger charge is 2.48. The van der Waals surface area contributed by atoms with E-state index in [4.69, 9.17) is 18.9 Å². The second kappa shape index (κ2) is 10.4. The van der Waals surface area contributed by atoms with Crippen LogP contribution >= 0.6 is 0 Å². The Bertz CT molecular complexity index is 2490. The first-order chi connectivity index (χ1) is 22.8. The number of benzene rings is 4. The topological polar surface area (TPSA) is 162 Å². The number of rotatable bonds is 5. The molecule has 12 nitrogen and oxygen atoms in total. The zero-order valence-electron chi connectivity index (χ0n) is 27.3. The molecular weight excluding hydrogens is 620 g/mol. The Labute approximate surface area is 273 Å². The van der Waals surface area contributed by atoms with E-state index < -0.39 is 40.0 Å². The number of phenols is 3. The summed E-state index contributed by atoms with van der Waals surface area (Å²) in [6, 6.07) is 11.0. The molecule has 0 fully saturated rings. The van der Waals surface area contributed by atoms with Crippen LogP contribution in [0.2, 0.25) is 0 Å². The van der Waals surface area contributed by atoms with Crippen LogP contribution in [0.15, 0.2) is 52.1 Å². The standard InChI is InChI=1S/C36H34N2O10/c1-36(2,44)35-23(17-13-18-25(32(43)33(17)48-35)29(40)15-9-8-10-20(39)27(15)37(18)3)26-22(46-6)14-19-24(31(26)42)30(41)16-11-12-21(45-5)34(47-7)28(16)38(19)4/h8-14,23,35,39,42-44H,1-7H3/t23-,35+/m0/s1. The first kappa shape index (κ1) is 31.0. The molecule has 248 valence electrons. The van der Waals surface area contributed by atoms with Gasteiger partial charge in [0.2, 0.25) is 10.9 Å². The lowest BCUT2D eigenvalue weighted by atomic mass is 9.80. The number of aryl methyl sites for hydroxylation is 2. The lowest BCUT2D eigenvalue weighted by Gasteiger charge is -2.31. The molecule has 4 aromatic carbocycles. The van der Waals surface area contributed by atoms with Gasteiger partial charge in [-0.05, 0) is 44.2 Å². The second-order valence-electron chi connectivity index (χ2n) is 12.6. The highest BCUT2D eigenvalue weighted by molar-refractivity contribution is 6.02. The zero-order valence-corrected chi connectivity index (χ0v) is 27.3. The third-order valence-electron chi connectivity index (χ3n) is 9.52. The first-order valence-corrected chi connectivity index (χ1v) is 15.1. The fourth-order valence-electron chi connectivity index (χ4n) is 7.33. The quantitative estimate of drug-likeness (QED) is 0.195. The van der Waals surface area contributed by atoms with Gasteiger partial charge in [0.25, 0.3) is 0 Å². The smallest absolute Gasteiger partial charge is 0.201 e. The predicted octanol–water partition coefficient (Wildman–Crippen LogP) is 4.50. The van der Waals surface area contributed by atoms with Crippen LogP contribution in [0.3, 0.4) is 0 Å². The van der Waals surface area contributed by atoms with E-state index in [-0.39, 0.29) is 55.4 Å². The van der Waals surface area contributed by atoms with E-state index in [1.165, 1.54) is 41.2 Å². The monoisotopic (exact) mass is 654 g/mol. The molecule has 1 aliphatic rings. The minimum atomic E-state index is -1.57. The van der Waals surface area contributed by atoms with E-state index in [1.54, 1.807) is 59.6 Å². The van der Waals surface area contributed by atoms with E-state index in [1.807, 2.05) is 0 Å². The molecule has 48 heavy (non-hydrogen) atoms. The number of phenolic OH excluding ortho intramolecular Hbond substituents is 3. The number of hydrogen-bond acceptors (Lipinski definition) is 10. The van der Waals surface area contributed by atoms with Crippen molar-refractivity contribution in [1.29, 1.82) is 0 Å². The Morgan fingerprint density at radius 1 is 0.771 bits per heavy atom. The summed E-state index contributed by atoms with van der Waals surface area (Å²) in [5, 5.41) is 46.4. The van der Waals surface area contributed by atoms with Crippen LogP contribution in [0, 0.1) is 0 Å². The van der Waals surface area contributed by atoms with E-state index in [9.17, 15) is 30.0 Å². The normalized spacial score (nSPS) is 16.1. The van der Waals surface area contributed by atoms with Crippen molar-refractivity contribution in [2.75, 3.05) is 21.3 Å². The minimum Gasteiger partial charge on any atom is -0.507 e. The van der Waals surface area contributed by atoms with Crippen molar-refractivity contribution in [3.05, 3.63) is 74.0 Å². The summed E-state index contributed by atoms with van der Waals surface area (Å²) in [5.74, 6) is -1.10. The van der Waals surface area contributed by atoms with Gasteiger partial charge < -0.3 is 48.5 Å². The summed E-state index contributed by atoms with van der Waals surface area (Å²) in [7, 11) is 7.76. The molecule has 6 aromatic rings. The average molecular weight is 655 g/mol. The van der Waals surface area contributed by atoms with Crippen LogP contribution in [-0.2, 0) is 14.1 Å². The van der Waals surface area contributed by atoms with Crippen LogP contribution in [-0.4, -0.2) is 62.6 Å².